The highest BCUT2D eigenvalue weighted by Crippen LogP contribution is 2.33. The molecule has 0 N–H and O–H groups in total. The quantitative estimate of drug-likeness (QED) is 0.785. The molecule has 1 saturated heterocycles. The topological polar surface area (TPSA) is 53.0 Å². The van der Waals surface area contributed by atoms with Gasteiger partial charge in [0.25, 0.3) is 0 Å². The van der Waals surface area contributed by atoms with Crippen LogP contribution in [-0.4, -0.2) is 45.2 Å². The smallest absolute Gasteiger partial charge is 0.303 e. The van der Waals surface area contributed by atoms with Crippen molar-refractivity contribution < 1.29 is 8.42 Å². The zero-order valence-corrected chi connectivity index (χ0v) is 16.9. The number of nitrogens with zero attached hydrogens (tertiary/aromatic N) is 3. The second-order valence-electron chi connectivity index (χ2n) is 8.31. The van der Waals surface area contributed by atoms with Crippen molar-refractivity contribution in [2.45, 2.75) is 63.8 Å². The molecule has 0 unspecified atom stereocenters. The molecule has 1 aliphatic carbocycles. The van der Waals surface area contributed by atoms with E-state index in [2.05, 4.69) is 9.30 Å². The lowest BCUT2D eigenvalue weighted by Gasteiger charge is -2.40. The Hall–Kier alpha value is -1.40. The summed E-state index contributed by atoms with van der Waals surface area (Å²) in [6.45, 7) is 3.16. The van der Waals surface area contributed by atoms with Gasteiger partial charge in [-0.15, -0.1) is 0 Å². The number of piperidine rings is 1. The van der Waals surface area contributed by atoms with Gasteiger partial charge in [-0.3, -0.25) is 0 Å². The fourth-order valence-electron chi connectivity index (χ4n) is 4.91. The van der Waals surface area contributed by atoms with Crippen LogP contribution in [0.2, 0.25) is 0 Å². The number of para-hydroxylation sites is 1. The van der Waals surface area contributed by atoms with Crippen LogP contribution in [0, 0.1) is 5.92 Å². The minimum absolute atomic E-state index is 0.0159. The summed E-state index contributed by atoms with van der Waals surface area (Å²) in [5.74, 6) is 0.825. The highest BCUT2D eigenvalue weighted by atomic mass is 32.2. The fourth-order valence-corrected chi connectivity index (χ4v) is 6.26. The molecule has 148 valence electrons. The van der Waals surface area contributed by atoms with E-state index in [1.807, 2.05) is 24.3 Å². The monoisotopic (exact) mass is 389 g/mol. The van der Waals surface area contributed by atoms with Crippen LogP contribution in [0.4, 0.5) is 5.69 Å². The van der Waals surface area contributed by atoms with E-state index < -0.39 is 10.2 Å². The molecule has 5 nitrogen and oxygen atoms in total. The van der Waals surface area contributed by atoms with E-state index in [9.17, 15) is 8.42 Å². The molecule has 0 radical (unpaired) electrons. The molecule has 3 aliphatic rings. The number of likely N-dealkylation sites (tertiary alicyclic amines) is 1. The van der Waals surface area contributed by atoms with E-state index in [0.29, 0.717) is 0 Å². The van der Waals surface area contributed by atoms with Gasteiger partial charge in [-0.2, -0.15) is 12.8 Å². The van der Waals surface area contributed by atoms with Crippen LogP contribution in [0.25, 0.3) is 0 Å². The SMILES string of the molecule is O=S1(=O)N=Cc2ccccc2N1C1CCN(CC2CCCCCCC2)CC1. The summed E-state index contributed by atoms with van der Waals surface area (Å²) < 4.78 is 30.7. The van der Waals surface area contributed by atoms with Gasteiger partial charge in [-0.05, 0) is 37.7 Å². The second-order valence-corrected chi connectivity index (χ2v) is 9.81. The Morgan fingerprint density at radius 1 is 0.926 bits per heavy atom. The van der Waals surface area contributed by atoms with Gasteiger partial charge in [0, 0.05) is 31.2 Å². The first-order valence-corrected chi connectivity index (χ1v) is 11.9. The van der Waals surface area contributed by atoms with Gasteiger partial charge in [0.05, 0.1) is 11.9 Å². The highest BCUT2D eigenvalue weighted by Gasteiger charge is 2.35. The van der Waals surface area contributed by atoms with E-state index in [1.165, 1.54) is 57.7 Å². The normalized spacial score (nSPS) is 25.0. The maximum Gasteiger partial charge on any atom is 0.344 e. The van der Waals surface area contributed by atoms with Crippen molar-refractivity contribution in [3.63, 3.8) is 0 Å². The molecule has 0 atom stereocenters. The van der Waals surface area contributed by atoms with Crippen LogP contribution < -0.4 is 4.31 Å². The Morgan fingerprint density at radius 2 is 1.59 bits per heavy atom. The molecular weight excluding hydrogens is 358 g/mol. The molecule has 6 heteroatoms. The highest BCUT2D eigenvalue weighted by molar-refractivity contribution is 7.91. The van der Waals surface area contributed by atoms with Crippen molar-refractivity contribution in [3.8, 4) is 0 Å². The Morgan fingerprint density at radius 3 is 2.33 bits per heavy atom. The maximum absolute atomic E-state index is 12.6. The van der Waals surface area contributed by atoms with Crippen LogP contribution in [-0.2, 0) is 10.2 Å². The molecule has 2 aliphatic heterocycles. The van der Waals surface area contributed by atoms with E-state index in [1.54, 1.807) is 4.31 Å². The molecule has 27 heavy (non-hydrogen) atoms. The Labute approximate surface area is 163 Å². The van der Waals surface area contributed by atoms with Gasteiger partial charge in [0.2, 0.25) is 0 Å². The minimum atomic E-state index is -3.61. The summed E-state index contributed by atoms with van der Waals surface area (Å²) in [5.41, 5.74) is 1.68. The van der Waals surface area contributed by atoms with Crippen LogP contribution in [0.1, 0.15) is 63.4 Å². The van der Waals surface area contributed by atoms with Crippen molar-refractivity contribution in [3.05, 3.63) is 29.8 Å². The first kappa shape index (κ1) is 18.9. The van der Waals surface area contributed by atoms with Gasteiger partial charge in [0.1, 0.15) is 0 Å². The molecule has 0 bridgehead atoms. The lowest BCUT2D eigenvalue weighted by Crippen LogP contribution is -2.49. The van der Waals surface area contributed by atoms with Crippen LogP contribution >= 0.6 is 0 Å². The fraction of sp³-hybridized carbons (Fsp3) is 0.667. The molecule has 2 heterocycles. The summed E-state index contributed by atoms with van der Waals surface area (Å²) in [6, 6.07) is 7.69. The number of fused-ring (bicyclic) bond motifs is 1. The molecular formula is C21H31N3O2S. The van der Waals surface area contributed by atoms with Crippen molar-refractivity contribution in [1.29, 1.82) is 0 Å². The third kappa shape index (κ3) is 4.37. The van der Waals surface area contributed by atoms with E-state index >= 15 is 0 Å². The van der Waals surface area contributed by atoms with Crippen molar-refractivity contribution in [1.82, 2.24) is 4.90 Å². The maximum atomic E-state index is 12.6. The molecule has 0 aromatic heterocycles. The third-order valence-corrected chi connectivity index (χ3v) is 7.74. The Kier molecular flexibility index (Phi) is 5.83. The van der Waals surface area contributed by atoms with E-state index in [4.69, 9.17) is 0 Å². The van der Waals surface area contributed by atoms with Gasteiger partial charge in [0.15, 0.2) is 0 Å². The molecule has 1 aromatic carbocycles. The third-order valence-electron chi connectivity index (χ3n) is 6.38. The first-order valence-electron chi connectivity index (χ1n) is 10.5. The zero-order valence-electron chi connectivity index (χ0n) is 16.1. The molecule has 1 saturated carbocycles. The second kappa shape index (κ2) is 8.31. The zero-order chi connectivity index (χ0) is 18.7. The van der Waals surface area contributed by atoms with E-state index in [0.717, 1.165) is 43.1 Å². The largest absolute Gasteiger partial charge is 0.344 e. The van der Waals surface area contributed by atoms with Crippen LogP contribution in [0.5, 0.6) is 0 Å². The summed E-state index contributed by atoms with van der Waals surface area (Å²) in [4.78, 5) is 2.56. The van der Waals surface area contributed by atoms with E-state index in [-0.39, 0.29) is 6.04 Å². The standard InChI is InChI=1S/C21H31N3O2S/c25-27(26)22-16-19-10-6-7-11-21(19)24(27)20-12-14-23(15-13-20)17-18-8-4-2-1-3-5-9-18/h6-7,10-11,16,18,20H,1-5,8-9,12-15,17H2. The van der Waals surface area contributed by atoms with Gasteiger partial charge < -0.3 is 4.90 Å². The molecule has 0 spiro atoms. The summed E-state index contributed by atoms with van der Waals surface area (Å²) in [6.07, 6.45) is 12.9. The number of anilines is 1. The minimum Gasteiger partial charge on any atom is -0.303 e. The average molecular weight is 390 g/mol. The first-order chi connectivity index (χ1) is 13.1. The van der Waals surface area contributed by atoms with Crippen molar-refractivity contribution >= 4 is 22.1 Å². The lowest BCUT2D eigenvalue weighted by molar-refractivity contribution is 0.170. The number of hydrogen-bond donors (Lipinski definition) is 0. The predicted molar refractivity (Wildman–Crippen MR) is 111 cm³/mol. The molecule has 2 fully saturated rings. The van der Waals surface area contributed by atoms with Crippen molar-refractivity contribution in [2.24, 2.45) is 10.3 Å². The Bertz CT molecular complexity index is 761. The van der Waals surface area contributed by atoms with Gasteiger partial charge in [-0.1, -0.05) is 50.3 Å². The van der Waals surface area contributed by atoms with Crippen molar-refractivity contribution in [2.75, 3.05) is 23.9 Å². The molecule has 0 amide bonds. The number of rotatable bonds is 3. The van der Waals surface area contributed by atoms with Crippen LogP contribution in [0.15, 0.2) is 28.7 Å². The summed E-state index contributed by atoms with van der Waals surface area (Å²) >= 11 is 0. The number of benzene rings is 1. The van der Waals surface area contributed by atoms with Gasteiger partial charge >= 0.3 is 10.2 Å². The number of hydrogen-bond acceptors (Lipinski definition) is 3. The Balaban J connectivity index is 1.39. The van der Waals surface area contributed by atoms with Gasteiger partial charge in [-0.25, -0.2) is 4.31 Å². The lowest BCUT2D eigenvalue weighted by atomic mass is 9.90. The molecule has 1 aromatic rings. The summed E-state index contributed by atoms with van der Waals surface area (Å²) in [7, 11) is -3.61. The predicted octanol–water partition coefficient (Wildman–Crippen LogP) is 4.00. The molecule has 4 rings (SSSR count). The van der Waals surface area contributed by atoms with Crippen LogP contribution in [0.3, 0.4) is 0 Å². The summed E-state index contributed by atoms with van der Waals surface area (Å²) in [5, 5.41) is 0. The average Bonchev–Trinajstić information content (AvgIpc) is 2.64.